The Morgan fingerprint density at radius 3 is 2.33 bits per heavy atom. The first-order valence-corrected chi connectivity index (χ1v) is 6.45. The normalized spacial score (nSPS) is 11.8. The first-order chi connectivity index (χ1) is 6.97. The Morgan fingerprint density at radius 2 is 1.67 bits per heavy atom. The van der Waals surface area contributed by atoms with Crippen molar-refractivity contribution in [1.29, 1.82) is 0 Å². The van der Waals surface area contributed by atoms with Crippen molar-refractivity contribution in [2.45, 2.75) is 4.90 Å². The van der Waals surface area contributed by atoms with E-state index < -0.39 is 9.05 Å². The van der Waals surface area contributed by atoms with Gasteiger partial charge in [0, 0.05) is 10.7 Å². The fourth-order valence-corrected chi connectivity index (χ4v) is 2.15. The zero-order chi connectivity index (χ0) is 11.1. The molecule has 0 aliphatic rings. The van der Waals surface area contributed by atoms with Gasteiger partial charge in [0.2, 0.25) is 0 Å². The van der Waals surface area contributed by atoms with Crippen LogP contribution in [0.5, 0.6) is 5.75 Å². The molecule has 0 radical (unpaired) electrons. The van der Waals surface area contributed by atoms with Crippen LogP contribution < -0.4 is 0 Å². The minimum atomic E-state index is -3.72. The predicted octanol–water partition coefficient (Wildman–Crippen LogP) is 2.47. The molecule has 0 heterocycles. The van der Waals surface area contributed by atoms with E-state index in [0.717, 1.165) is 5.39 Å². The largest absolute Gasteiger partial charge is 0.508 e. The summed E-state index contributed by atoms with van der Waals surface area (Å²) in [4.78, 5) is 0.0299. The topological polar surface area (TPSA) is 54.4 Å². The zero-order valence-corrected chi connectivity index (χ0v) is 9.09. The lowest BCUT2D eigenvalue weighted by atomic mass is 10.1. The van der Waals surface area contributed by atoms with E-state index in [1.54, 1.807) is 12.1 Å². The van der Waals surface area contributed by atoms with E-state index >= 15 is 0 Å². The summed E-state index contributed by atoms with van der Waals surface area (Å²) < 4.78 is 22.1. The van der Waals surface area contributed by atoms with Crippen molar-refractivity contribution in [2.24, 2.45) is 0 Å². The Kier molecular flexibility index (Phi) is 2.32. The molecule has 2 aromatic carbocycles. The van der Waals surface area contributed by atoms with Crippen molar-refractivity contribution in [3.05, 3.63) is 36.4 Å². The molecule has 3 nitrogen and oxygen atoms in total. The third-order valence-corrected chi connectivity index (χ3v) is 3.43. The van der Waals surface area contributed by atoms with Gasteiger partial charge in [-0.25, -0.2) is 8.42 Å². The molecule has 0 spiro atoms. The molecule has 0 fully saturated rings. The van der Waals surface area contributed by atoms with Gasteiger partial charge in [0.1, 0.15) is 5.75 Å². The fraction of sp³-hybridized carbons (Fsp3) is 0. The highest BCUT2D eigenvalue weighted by Gasteiger charge is 2.09. The minimum absolute atomic E-state index is 0.0299. The maximum absolute atomic E-state index is 11.1. The predicted molar refractivity (Wildman–Crippen MR) is 58.7 cm³/mol. The zero-order valence-electron chi connectivity index (χ0n) is 7.51. The number of phenols is 1. The van der Waals surface area contributed by atoms with Gasteiger partial charge in [0.05, 0.1) is 4.90 Å². The van der Waals surface area contributed by atoms with Gasteiger partial charge in [-0.2, -0.15) is 0 Å². The molecule has 0 aliphatic carbocycles. The number of phenolic OH excluding ortho intramolecular Hbond substituents is 1. The van der Waals surface area contributed by atoms with Crippen LogP contribution >= 0.6 is 10.7 Å². The summed E-state index contributed by atoms with van der Waals surface area (Å²) in [6.45, 7) is 0. The van der Waals surface area contributed by atoms with Crippen LogP contribution in [0.15, 0.2) is 41.3 Å². The van der Waals surface area contributed by atoms with Gasteiger partial charge < -0.3 is 5.11 Å². The molecule has 2 rings (SSSR count). The Morgan fingerprint density at radius 1 is 1.00 bits per heavy atom. The molecule has 78 valence electrons. The first kappa shape index (κ1) is 10.3. The second-order valence-electron chi connectivity index (χ2n) is 3.13. The van der Waals surface area contributed by atoms with Crippen molar-refractivity contribution in [3.63, 3.8) is 0 Å². The standard InChI is InChI=1S/C10H7ClO3S/c11-15(13,14)10-4-2-7-1-3-9(12)5-8(7)6-10/h1-6,12H. The van der Waals surface area contributed by atoms with Gasteiger partial charge >= 0.3 is 0 Å². The third kappa shape index (κ3) is 2.06. The van der Waals surface area contributed by atoms with Gasteiger partial charge in [-0.15, -0.1) is 0 Å². The average Bonchev–Trinajstić information content (AvgIpc) is 2.15. The van der Waals surface area contributed by atoms with Crippen LogP contribution in [-0.4, -0.2) is 13.5 Å². The van der Waals surface area contributed by atoms with E-state index in [0.29, 0.717) is 5.39 Å². The van der Waals surface area contributed by atoms with Crippen LogP contribution in [-0.2, 0) is 9.05 Å². The van der Waals surface area contributed by atoms with Crippen molar-refractivity contribution in [2.75, 3.05) is 0 Å². The molecule has 0 amide bonds. The third-order valence-electron chi connectivity index (χ3n) is 2.08. The molecule has 1 N–H and O–H groups in total. The molecular formula is C10H7ClO3S. The molecular weight excluding hydrogens is 236 g/mol. The summed E-state index contributed by atoms with van der Waals surface area (Å²) in [7, 11) is 1.49. The van der Waals surface area contributed by atoms with Crippen LogP contribution in [0.25, 0.3) is 10.8 Å². The molecule has 5 heteroatoms. The molecule has 0 aromatic heterocycles. The molecule has 0 saturated carbocycles. The monoisotopic (exact) mass is 242 g/mol. The highest BCUT2D eigenvalue weighted by Crippen LogP contribution is 2.24. The highest BCUT2D eigenvalue weighted by atomic mass is 35.7. The molecule has 0 aliphatic heterocycles. The summed E-state index contributed by atoms with van der Waals surface area (Å²) >= 11 is 0. The van der Waals surface area contributed by atoms with E-state index in [4.69, 9.17) is 10.7 Å². The molecule has 0 atom stereocenters. The van der Waals surface area contributed by atoms with Crippen molar-refractivity contribution < 1.29 is 13.5 Å². The molecule has 15 heavy (non-hydrogen) atoms. The van der Waals surface area contributed by atoms with Gasteiger partial charge in [0.15, 0.2) is 0 Å². The quantitative estimate of drug-likeness (QED) is 0.782. The number of benzene rings is 2. The summed E-state index contributed by atoms with van der Waals surface area (Å²) in [6.07, 6.45) is 0. The summed E-state index contributed by atoms with van der Waals surface area (Å²) in [5.74, 6) is 0.0895. The number of aromatic hydroxyl groups is 1. The van der Waals surface area contributed by atoms with Crippen LogP contribution in [0, 0.1) is 0 Å². The second kappa shape index (κ2) is 3.40. The molecule has 2 aromatic rings. The first-order valence-electron chi connectivity index (χ1n) is 4.14. The number of fused-ring (bicyclic) bond motifs is 1. The minimum Gasteiger partial charge on any atom is -0.508 e. The Bertz CT molecular complexity index is 620. The van der Waals surface area contributed by atoms with Gasteiger partial charge in [-0.3, -0.25) is 0 Å². The smallest absolute Gasteiger partial charge is 0.261 e. The summed E-state index contributed by atoms with van der Waals surface area (Å²) in [5, 5.41) is 10.7. The van der Waals surface area contributed by atoms with Crippen molar-refractivity contribution in [1.82, 2.24) is 0 Å². The lowest BCUT2D eigenvalue weighted by Crippen LogP contribution is -1.89. The Balaban J connectivity index is 2.75. The summed E-state index contributed by atoms with van der Waals surface area (Å²) in [6, 6.07) is 9.23. The van der Waals surface area contributed by atoms with Crippen LogP contribution in [0.1, 0.15) is 0 Å². The van der Waals surface area contributed by atoms with Crippen LogP contribution in [0.4, 0.5) is 0 Å². The summed E-state index contributed by atoms with van der Waals surface area (Å²) in [5.41, 5.74) is 0. The number of hydrogen-bond donors (Lipinski definition) is 1. The van der Waals surface area contributed by atoms with Crippen molar-refractivity contribution in [3.8, 4) is 5.75 Å². The van der Waals surface area contributed by atoms with E-state index in [1.165, 1.54) is 24.3 Å². The number of rotatable bonds is 1. The average molecular weight is 243 g/mol. The maximum atomic E-state index is 11.1. The van der Waals surface area contributed by atoms with Crippen LogP contribution in [0.3, 0.4) is 0 Å². The van der Waals surface area contributed by atoms with E-state index in [2.05, 4.69) is 0 Å². The van der Waals surface area contributed by atoms with Gasteiger partial charge in [-0.05, 0) is 35.0 Å². The Hall–Kier alpha value is -1.26. The highest BCUT2D eigenvalue weighted by molar-refractivity contribution is 8.13. The molecule has 0 unspecified atom stereocenters. The van der Waals surface area contributed by atoms with E-state index in [-0.39, 0.29) is 10.6 Å². The van der Waals surface area contributed by atoms with Gasteiger partial charge in [-0.1, -0.05) is 12.1 Å². The molecule has 0 saturated heterocycles. The number of halogens is 1. The lowest BCUT2D eigenvalue weighted by Gasteiger charge is -2.01. The Labute approximate surface area is 91.3 Å². The molecule has 0 bridgehead atoms. The fourth-order valence-electron chi connectivity index (χ4n) is 1.36. The maximum Gasteiger partial charge on any atom is 0.261 e. The lowest BCUT2D eigenvalue weighted by molar-refractivity contribution is 0.476. The SMILES string of the molecule is O=S(=O)(Cl)c1ccc2ccc(O)cc2c1. The van der Waals surface area contributed by atoms with Crippen LogP contribution in [0.2, 0.25) is 0 Å². The second-order valence-corrected chi connectivity index (χ2v) is 5.70. The van der Waals surface area contributed by atoms with E-state index in [1.807, 2.05) is 0 Å². The number of hydrogen-bond acceptors (Lipinski definition) is 3. The van der Waals surface area contributed by atoms with E-state index in [9.17, 15) is 13.5 Å². The van der Waals surface area contributed by atoms with Crippen molar-refractivity contribution >= 4 is 30.5 Å². The van der Waals surface area contributed by atoms with Gasteiger partial charge in [0.25, 0.3) is 9.05 Å².